The highest BCUT2D eigenvalue weighted by Gasteiger charge is 2.25. The molecule has 0 bridgehead atoms. The third-order valence-corrected chi connectivity index (χ3v) is 3.19. The molecule has 0 aliphatic carbocycles. The second-order valence-corrected chi connectivity index (χ2v) is 5.98. The number of carbonyl (C=O) groups excluding carboxylic acids is 2. The molecule has 0 saturated heterocycles. The lowest BCUT2D eigenvalue weighted by Crippen LogP contribution is -2.25. The maximum absolute atomic E-state index is 12.0. The quantitative estimate of drug-likeness (QED) is 0.788. The first kappa shape index (κ1) is 17.7. The normalized spacial score (nSPS) is 10.9. The number of carboxylic acids is 1. The molecule has 6 heteroatoms. The van der Waals surface area contributed by atoms with Crippen molar-refractivity contribution in [2.45, 2.75) is 33.6 Å². The van der Waals surface area contributed by atoms with Crippen LogP contribution in [0.2, 0.25) is 0 Å². The van der Waals surface area contributed by atoms with Crippen LogP contribution in [0.4, 0.5) is 5.69 Å². The molecule has 120 valence electrons. The fourth-order valence-corrected chi connectivity index (χ4v) is 2.15. The van der Waals surface area contributed by atoms with Gasteiger partial charge in [-0.3, -0.25) is 9.59 Å². The number of amides is 1. The third kappa shape index (κ3) is 5.20. The Morgan fingerprint density at radius 2 is 1.86 bits per heavy atom. The monoisotopic (exact) mass is 307 g/mol. The predicted molar refractivity (Wildman–Crippen MR) is 81.8 cm³/mol. The van der Waals surface area contributed by atoms with Gasteiger partial charge in [-0.2, -0.15) is 0 Å². The Morgan fingerprint density at radius 3 is 2.36 bits per heavy atom. The maximum Gasteiger partial charge on any atom is 0.337 e. The molecule has 1 rings (SSSR count). The zero-order valence-corrected chi connectivity index (χ0v) is 13.2. The minimum atomic E-state index is -0.934. The fourth-order valence-electron chi connectivity index (χ4n) is 2.15. The minimum absolute atomic E-state index is 0.0827. The number of carbonyl (C=O) groups is 3. The van der Waals surface area contributed by atoms with Gasteiger partial charge >= 0.3 is 11.9 Å². The van der Waals surface area contributed by atoms with Crippen LogP contribution in [0.5, 0.6) is 0 Å². The van der Waals surface area contributed by atoms with Gasteiger partial charge in [-0.25, -0.2) is 4.79 Å². The van der Waals surface area contributed by atoms with Crippen LogP contribution >= 0.6 is 0 Å². The number of esters is 1. The van der Waals surface area contributed by atoms with Crippen molar-refractivity contribution in [1.29, 1.82) is 0 Å². The second kappa shape index (κ2) is 7.06. The number of carboxylic acid groups (broad SMARTS) is 1. The van der Waals surface area contributed by atoms with E-state index in [4.69, 9.17) is 5.11 Å². The third-order valence-electron chi connectivity index (χ3n) is 3.19. The van der Waals surface area contributed by atoms with Gasteiger partial charge in [0.15, 0.2) is 0 Å². The standard InChI is InChI=1S/C16H21NO5/c1-10-7-11(15(21)22-4)5-6-12(10)17-13(18)8-16(2,3)9-14(19)20/h5-7H,8-9H2,1-4H3,(H,17,18)(H,19,20). The molecular weight excluding hydrogens is 286 g/mol. The maximum atomic E-state index is 12.0. The van der Waals surface area contributed by atoms with Gasteiger partial charge in [-0.05, 0) is 36.1 Å². The number of aryl methyl sites for hydroxylation is 1. The predicted octanol–water partition coefficient (Wildman–Crippen LogP) is 2.61. The van der Waals surface area contributed by atoms with E-state index in [1.54, 1.807) is 39.0 Å². The molecule has 2 N–H and O–H groups in total. The summed E-state index contributed by atoms with van der Waals surface area (Å²) in [5.41, 5.74) is 1.09. The summed E-state index contributed by atoms with van der Waals surface area (Å²) in [6.07, 6.45) is 0.0121. The highest BCUT2D eigenvalue weighted by molar-refractivity contribution is 5.94. The number of hydrogen-bond donors (Lipinski definition) is 2. The highest BCUT2D eigenvalue weighted by Crippen LogP contribution is 2.26. The van der Waals surface area contributed by atoms with Crippen molar-refractivity contribution in [3.8, 4) is 0 Å². The Hall–Kier alpha value is -2.37. The number of aliphatic carboxylic acids is 1. The molecule has 0 unspecified atom stereocenters. The first-order valence-electron chi connectivity index (χ1n) is 6.85. The van der Waals surface area contributed by atoms with Crippen LogP contribution in [0.3, 0.4) is 0 Å². The van der Waals surface area contributed by atoms with E-state index in [1.807, 2.05) is 0 Å². The van der Waals surface area contributed by atoms with Gasteiger partial charge < -0.3 is 15.2 Å². The van der Waals surface area contributed by atoms with E-state index < -0.39 is 17.4 Å². The first-order valence-corrected chi connectivity index (χ1v) is 6.85. The van der Waals surface area contributed by atoms with E-state index in [9.17, 15) is 14.4 Å². The molecule has 22 heavy (non-hydrogen) atoms. The van der Waals surface area contributed by atoms with Gasteiger partial charge in [0.05, 0.1) is 19.1 Å². The van der Waals surface area contributed by atoms with Crippen molar-refractivity contribution in [3.05, 3.63) is 29.3 Å². The lowest BCUT2D eigenvalue weighted by atomic mass is 9.85. The summed E-state index contributed by atoms with van der Waals surface area (Å²) < 4.78 is 4.63. The van der Waals surface area contributed by atoms with Crippen molar-refractivity contribution in [2.75, 3.05) is 12.4 Å². The summed E-state index contributed by atoms with van der Waals surface area (Å²) in [5, 5.41) is 11.6. The molecule has 0 radical (unpaired) electrons. The van der Waals surface area contributed by atoms with Gasteiger partial charge in [0, 0.05) is 12.1 Å². The van der Waals surface area contributed by atoms with Crippen molar-refractivity contribution in [1.82, 2.24) is 0 Å². The summed E-state index contributed by atoms with van der Waals surface area (Å²) in [6.45, 7) is 5.23. The van der Waals surface area contributed by atoms with Crippen LogP contribution in [0, 0.1) is 12.3 Å². The second-order valence-electron chi connectivity index (χ2n) is 5.98. The number of ether oxygens (including phenoxy) is 1. The van der Waals surface area contributed by atoms with Crippen molar-refractivity contribution in [3.63, 3.8) is 0 Å². The van der Waals surface area contributed by atoms with Crippen molar-refractivity contribution < 1.29 is 24.2 Å². The fraction of sp³-hybridized carbons (Fsp3) is 0.438. The van der Waals surface area contributed by atoms with Crippen LogP contribution in [0.1, 0.15) is 42.6 Å². The Balaban J connectivity index is 2.77. The van der Waals surface area contributed by atoms with E-state index in [1.165, 1.54) is 7.11 Å². The molecule has 6 nitrogen and oxygen atoms in total. The van der Waals surface area contributed by atoms with Crippen LogP contribution < -0.4 is 5.32 Å². The molecule has 0 fully saturated rings. The Bertz CT molecular complexity index is 592. The molecule has 0 aliphatic rings. The van der Waals surface area contributed by atoms with E-state index in [0.29, 0.717) is 11.3 Å². The number of hydrogen-bond acceptors (Lipinski definition) is 4. The van der Waals surface area contributed by atoms with Crippen LogP contribution in [-0.2, 0) is 14.3 Å². The summed E-state index contributed by atoms with van der Waals surface area (Å²) in [5.74, 6) is -1.64. The molecule has 0 aromatic heterocycles. The van der Waals surface area contributed by atoms with E-state index in [0.717, 1.165) is 5.56 Å². The number of rotatable bonds is 6. The van der Waals surface area contributed by atoms with Gasteiger partial charge in [0.25, 0.3) is 0 Å². The Kier molecular flexibility index (Phi) is 5.68. The summed E-state index contributed by atoms with van der Waals surface area (Å²) in [6, 6.07) is 4.82. The van der Waals surface area contributed by atoms with Gasteiger partial charge in [-0.1, -0.05) is 13.8 Å². The highest BCUT2D eigenvalue weighted by atomic mass is 16.5. The number of anilines is 1. The SMILES string of the molecule is COC(=O)c1ccc(NC(=O)CC(C)(C)CC(=O)O)c(C)c1. The topological polar surface area (TPSA) is 92.7 Å². The average molecular weight is 307 g/mol. The molecule has 0 spiro atoms. The molecule has 1 amide bonds. The van der Waals surface area contributed by atoms with Crippen molar-refractivity contribution >= 4 is 23.5 Å². The summed E-state index contributed by atoms with van der Waals surface area (Å²) >= 11 is 0. The van der Waals surface area contributed by atoms with Crippen LogP contribution in [0.25, 0.3) is 0 Å². The lowest BCUT2D eigenvalue weighted by Gasteiger charge is -2.21. The van der Waals surface area contributed by atoms with Gasteiger partial charge in [-0.15, -0.1) is 0 Å². The summed E-state index contributed by atoms with van der Waals surface area (Å²) in [4.78, 5) is 34.2. The molecule has 0 heterocycles. The van der Waals surface area contributed by atoms with E-state index >= 15 is 0 Å². The van der Waals surface area contributed by atoms with Crippen LogP contribution in [0.15, 0.2) is 18.2 Å². The molecule has 0 atom stereocenters. The van der Waals surface area contributed by atoms with Gasteiger partial charge in [0.2, 0.25) is 5.91 Å². The zero-order valence-electron chi connectivity index (χ0n) is 13.2. The molecule has 1 aromatic rings. The zero-order chi connectivity index (χ0) is 16.9. The van der Waals surface area contributed by atoms with E-state index in [-0.39, 0.29) is 18.7 Å². The van der Waals surface area contributed by atoms with E-state index in [2.05, 4.69) is 10.1 Å². The molecular formula is C16H21NO5. The first-order chi connectivity index (χ1) is 10.1. The summed E-state index contributed by atoms with van der Waals surface area (Å²) in [7, 11) is 1.30. The molecule has 1 aromatic carbocycles. The molecule has 0 saturated carbocycles. The van der Waals surface area contributed by atoms with Crippen LogP contribution in [-0.4, -0.2) is 30.1 Å². The average Bonchev–Trinajstić information content (AvgIpc) is 2.37. The minimum Gasteiger partial charge on any atom is -0.481 e. The Labute approximate surface area is 129 Å². The smallest absolute Gasteiger partial charge is 0.337 e. The Morgan fingerprint density at radius 1 is 1.23 bits per heavy atom. The number of nitrogens with one attached hydrogen (secondary N) is 1. The van der Waals surface area contributed by atoms with Crippen molar-refractivity contribution in [2.24, 2.45) is 5.41 Å². The largest absolute Gasteiger partial charge is 0.481 e. The molecule has 0 aliphatic heterocycles. The van der Waals surface area contributed by atoms with Gasteiger partial charge in [0.1, 0.15) is 0 Å². The lowest BCUT2D eigenvalue weighted by molar-refractivity contribution is -0.139. The number of methoxy groups -OCH3 is 1. The number of benzene rings is 1.